The first kappa shape index (κ1) is 12.7. The lowest BCUT2D eigenvalue weighted by atomic mass is 10.2. The summed E-state index contributed by atoms with van der Waals surface area (Å²) in [5.74, 6) is 1.95. The van der Waals surface area contributed by atoms with Crippen LogP contribution in [0, 0.1) is 0 Å². The summed E-state index contributed by atoms with van der Waals surface area (Å²) in [6.45, 7) is 0. The fourth-order valence-electron chi connectivity index (χ4n) is 1.93. The van der Waals surface area contributed by atoms with Crippen LogP contribution in [0.1, 0.15) is 5.82 Å². The molecule has 2 aromatic carbocycles. The molecule has 0 spiro atoms. The van der Waals surface area contributed by atoms with Crippen molar-refractivity contribution in [3.63, 3.8) is 0 Å². The van der Waals surface area contributed by atoms with Crippen molar-refractivity contribution in [3.8, 4) is 0 Å². The predicted octanol–water partition coefficient (Wildman–Crippen LogP) is 3.09. The van der Waals surface area contributed by atoms with Crippen molar-refractivity contribution in [3.05, 3.63) is 54.4 Å². The summed E-state index contributed by atoms with van der Waals surface area (Å²) in [5, 5.41) is 0.897. The Labute approximate surface area is 121 Å². The minimum atomic E-state index is 0.531. The molecule has 0 aliphatic rings. The van der Waals surface area contributed by atoms with Crippen LogP contribution in [0.15, 0.2) is 53.4 Å². The van der Waals surface area contributed by atoms with Crippen molar-refractivity contribution in [2.45, 2.75) is 10.6 Å². The molecule has 0 saturated heterocycles. The smallest absolute Gasteiger partial charge is 0.141 e. The van der Waals surface area contributed by atoms with Crippen molar-refractivity contribution in [2.24, 2.45) is 0 Å². The molecule has 0 unspecified atom stereocenters. The number of aromatic nitrogens is 2. The number of hydrogen-bond donors (Lipinski definition) is 2. The van der Waals surface area contributed by atoms with Crippen molar-refractivity contribution in [2.75, 3.05) is 11.5 Å². The number of nitrogens with zero attached hydrogens (tertiary/aromatic N) is 2. The molecule has 1 heterocycles. The van der Waals surface area contributed by atoms with Crippen molar-refractivity contribution < 1.29 is 0 Å². The first-order valence-electron chi connectivity index (χ1n) is 6.22. The van der Waals surface area contributed by atoms with Gasteiger partial charge in [0, 0.05) is 16.0 Å². The summed E-state index contributed by atoms with van der Waals surface area (Å²) in [7, 11) is 0. The second-order valence-electron chi connectivity index (χ2n) is 4.40. The highest BCUT2D eigenvalue weighted by molar-refractivity contribution is 7.98. The van der Waals surface area contributed by atoms with Gasteiger partial charge >= 0.3 is 0 Å². The van der Waals surface area contributed by atoms with E-state index in [0.29, 0.717) is 11.6 Å². The van der Waals surface area contributed by atoms with E-state index in [2.05, 4.69) is 9.97 Å². The van der Waals surface area contributed by atoms with E-state index in [1.165, 1.54) is 0 Å². The largest absolute Gasteiger partial charge is 0.399 e. The first-order chi connectivity index (χ1) is 9.72. The Morgan fingerprint density at radius 2 is 1.65 bits per heavy atom. The maximum atomic E-state index is 5.97. The van der Waals surface area contributed by atoms with Crippen LogP contribution in [-0.2, 0) is 5.75 Å². The average Bonchev–Trinajstić information content (AvgIpc) is 2.47. The lowest BCUT2D eigenvalue weighted by Gasteiger charge is -2.05. The highest BCUT2D eigenvalue weighted by atomic mass is 32.2. The molecule has 1 aromatic heterocycles. The van der Waals surface area contributed by atoms with Gasteiger partial charge in [-0.15, -0.1) is 11.8 Å². The number of nitrogen functional groups attached to an aromatic ring is 2. The molecule has 0 atom stereocenters. The highest BCUT2D eigenvalue weighted by Crippen LogP contribution is 2.24. The van der Waals surface area contributed by atoms with Crippen LogP contribution < -0.4 is 11.5 Å². The third-order valence-corrected chi connectivity index (χ3v) is 3.94. The summed E-state index contributed by atoms with van der Waals surface area (Å²) in [5.41, 5.74) is 13.3. The van der Waals surface area contributed by atoms with E-state index >= 15 is 0 Å². The molecule has 100 valence electrons. The SMILES string of the molecule is Nc1ccc(SCc2nc(N)c3ccccc3n2)cc1. The quantitative estimate of drug-likeness (QED) is 0.570. The predicted molar refractivity (Wildman–Crippen MR) is 84.4 cm³/mol. The molecular formula is C15H14N4S. The minimum absolute atomic E-state index is 0.531. The van der Waals surface area contributed by atoms with Crippen LogP contribution in [0.4, 0.5) is 11.5 Å². The number of thioether (sulfide) groups is 1. The standard InChI is InChI=1S/C15H14N4S/c16-10-5-7-11(8-6-10)20-9-14-18-13-4-2-1-3-12(13)15(17)19-14/h1-8H,9,16H2,(H2,17,18,19). The number of para-hydroxylation sites is 1. The Morgan fingerprint density at radius 1 is 0.900 bits per heavy atom. The number of fused-ring (bicyclic) bond motifs is 1. The van der Waals surface area contributed by atoms with Crippen LogP contribution in [0.3, 0.4) is 0 Å². The van der Waals surface area contributed by atoms with Gasteiger partial charge in [-0.1, -0.05) is 12.1 Å². The Hall–Kier alpha value is -2.27. The Kier molecular flexibility index (Phi) is 3.43. The Bertz CT molecular complexity index is 740. The van der Waals surface area contributed by atoms with E-state index < -0.39 is 0 Å². The van der Waals surface area contributed by atoms with Gasteiger partial charge in [0.2, 0.25) is 0 Å². The maximum Gasteiger partial charge on any atom is 0.141 e. The van der Waals surface area contributed by atoms with E-state index in [-0.39, 0.29) is 0 Å². The molecule has 4 nitrogen and oxygen atoms in total. The third-order valence-electron chi connectivity index (χ3n) is 2.93. The monoisotopic (exact) mass is 282 g/mol. The molecule has 0 bridgehead atoms. The van der Waals surface area contributed by atoms with E-state index in [4.69, 9.17) is 11.5 Å². The first-order valence-corrected chi connectivity index (χ1v) is 7.20. The maximum absolute atomic E-state index is 5.97. The molecule has 0 amide bonds. The van der Waals surface area contributed by atoms with Crippen LogP contribution in [0.25, 0.3) is 10.9 Å². The van der Waals surface area contributed by atoms with Gasteiger partial charge in [-0.3, -0.25) is 0 Å². The summed E-state index contributed by atoms with van der Waals surface area (Å²) >= 11 is 1.66. The van der Waals surface area contributed by atoms with Crippen molar-refractivity contribution in [1.82, 2.24) is 9.97 Å². The summed E-state index contributed by atoms with van der Waals surface area (Å²) in [6.07, 6.45) is 0. The van der Waals surface area contributed by atoms with Crippen LogP contribution in [0.5, 0.6) is 0 Å². The molecule has 0 fully saturated rings. The second kappa shape index (κ2) is 5.38. The summed E-state index contributed by atoms with van der Waals surface area (Å²) in [4.78, 5) is 10.0. The second-order valence-corrected chi connectivity index (χ2v) is 5.45. The van der Waals surface area contributed by atoms with Crippen molar-refractivity contribution >= 4 is 34.2 Å². The summed E-state index contributed by atoms with van der Waals surface area (Å²) < 4.78 is 0. The van der Waals surface area contributed by atoms with Gasteiger partial charge in [0.05, 0.1) is 11.3 Å². The van der Waals surface area contributed by atoms with Gasteiger partial charge in [-0.05, 0) is 36.4 Å². The number of benzene rings is 2. The van der Waals surface area contributed by atoms with E-state index in [1.807, 2.05) is 48.5 Å². The van der Waals surface area contributed by atoms with Crippen LogP contribution >= 0.6 is 11.8 Å². The molecule has 3 rings (SSSR count). The van der Waals surface area contributed by atoms with E-state index in [9.17, 15) is 0 Å². The number of anilines is 2. The lowest BCUT2D eigenvalue weighted by Crippen LogP contribution is -1.99. The highest BCUT2D eigenvalue weighted by Gasteiger charge is 2.05. The zero-order chi connectivity index (χ0) is 13.9. The zero-order valence-electron chi connectivity index (χ0n) is 10.8. The molecule has 0 radical (unpaired) electrons. The van der Waals surface area contributed by atoms with E-state index in [0.717, 1.165) is 27.3 Å². The van der Waals surface area contributed by atoms with Gasteiger partial charge in [0.25, 0.3) is 0 Å². The normalized spacial score (nSPS) is 10.8. The topological polar surface area (TPSA) is 77.8 Å². The molecular weight excluding hydrogens is 268 g/mol. The molecule has 0 aliphatic heterocycles. The van der Waals surface area contributed by atoms with Crippen LogP contribution in [-0.4, -0.2) is 9.97 Å². The van der Waals surface area contributed by atoms with E-state index in [1.54, 1.807) is 11.8 Å². The average molecular weight is 282 g/mol. The lowest BCUT2D eigenvalue weighted by molar-refractivity contribution is 1.08. The zero-order valence-corrected chi connectivity index (χ0v) is 11.6. The minimum Gasteiger partial charge on any atom is -0.399 e. The number of hydrogen-bond acceptors (Lipinski definition) is 5. The Morgan fingerprint density at radius 3 is 2.45 bits per heavy atom. The van der Waals surface area contributed by atoms with Gasteiger partial charge in [0.1, 0.15) is 11.6 Å². The van der Waals surface area contributed by atoms with Gasteiger partial charge < -0.3 is 11.5 Å². The fourth-order valence-corrected chi connectivity index (χ4v) is 2.68. The number of nitrogens with two attached hydrogens (primary N) is 2. The molecule has 0 saturated carbocycles. The van der Waals surface area contributed by atoms with Gasteiger partial charge in [-0.2, -0.15) is 0 Å². The van der Waals surface area contributed by atoms with Crippen LogP contribution in [0.2, 0.25) is 0 Å². The Balaban J connectivity index is 1.82. The molecule has 3 aromatic rings. The van der Waals surface area contributed by atoms with Gasteiger partial charge in [0.15, 0.2) is 0 Å². The third kappa shape index (κ3) is 2.67. The molecule has 4 N–H and O–H groups in total. The molecule has 5 heteroatoms. The fraction of sp³-hybridized carbons (Fsp3) is 0.0667. The van der Waals surface area contributed by atoms with Gasteiger partial charge in [-0.25, -0.2) is 9.97 Å². The van der Waals surface area contributed by atoms with Crippen molar-refractivity contribution in [1.29, 1.82) is 0 Å². The molecule has 20 heavy (non-hydrogen) atoms. The summed E-state index contributed by atoms with van der Waals surface area (Å²) in [6, 6.07) is 15.5. The molecule has 0 aliphatic carbocycles. The number of rotatable bonds is 3.